The van der Waals surface area contributed by atoms with Crippen LogP contribution in [0.5, 0.6) is 0 Å². The Balaban J connectivity index is 1.92. The van der Waals surface area contributed by atoms with Crippen LogP contribution >= 0.6 is 11.8 Å². The summed E-state index contributed by atoms with van der Waals surface area (Å²) in [5.74, 6) is 0. The van der Waals surface area contributed by atoms with Gasteiger partial charge in [0, 0.05) is 10.5 Å². The van der Waals surface area contributed by atoms with Crippen molar-refractivity contribution in [2.75, 3.05) is 6.61 Å². The van der Waals surface area contributed by atoms with Gasteiger partial charge in [-0.2, -0.15) is 11.8 Å². The molecule has 1 N–H and O–H groups in total. The molecular weight excluding hydrogens is 132 g/mol. The van der Waals surface area contributed by atoms with Crippen molar-refractivity contribution >= 4 is 11.8 Å². The maximum Gasteiger partial charge on any atom is 0.0560 e. The predicted molar refractivity (Wildman–Crippen MR) is 41.8 cm³/mol. The highest BCUT2D eigenvalue weighted by atomic mass is 32.2. The van der Waals surface area contributed by atoms with E-state index in [1.54, 1.807) is 0 Å². The molecule has 2 atom stereocenters. The molecule has 0 aromatic carbocycles. The number of aliphatic hydroxyl groups excluding tert-OH is 1. The second kappa shape index (κ2) is 3.47. The zero-order chi connectivity index (χ0) is 6.69. The fourth-order valence-electron chi connectivity index (χ4n) is 0.999. The Morgan fingerprint density at radius 1 is 1.44 bits per heavy atom. The van der Waals surface area contributed by atoms with Crippen molar-refractivity contribution < 1.29 is 5.11 Å². The normalized spacial score (nSPS) is 32.7. The summed E-state index contributed by atoms with van der Waals surface area (Å²) < 4.78 is 0. The molecule has 0 aromatic heterocycles. The Labute approximate surface area is 60.8 Å². The first-order valence-electron chi connectivity index (χ1n) is 3.64. The van der Waals surface area contributed by atoms with Crippen molar-refractivity contribution in [1.29, 1.82) is 0 Å². The second-order valence-electron chi connectivity index (χ2n) is 2.54. The fourth-order valence-corrected chi connectivity index (χ4v) is 1.97. The molecule has 1 aliphatic rings. The molecule has 0 amide bonds. The minimum atomic E-state index is 0.388. The van der Waals surface area contributed by atoms with E-state index in [9.17, 15) is 0 Å². The largest absolute Gasteiger partial charge is 0.395 e. The van der Waals surface area contributed by atoms with E-state index in [1.165, 1.54) is 19.3 Å². The van der Waals surface area contributed by atoms with Crippen molar-refractivity contribution in [3.8, 4) is 0 Å². The summed E-state index contributed by atoms with van der Waals surface area (Å²) in [6, 6.07) is 0. The van der Waals surface area contributed by atoms with Crippen LogP contribution in [0.2, 0.25) is 0 Å². The van der Waals surface area contributed by atoms with E-state index in [4.69, 9.17) is 5.11 Å². The molecule has 1 nitrogen and oxygen atoms in total. The van der Waals surface area contributed by atoms with E-state index >= 15 is 0 Å². The maximum atomic E-state index is 8.65. The van der Waals surface area contributed by atoms with Crippen LogP contribution < -0.4 is 0 Å². The van der Waals surface area contributed by atoms with E-state index < -0.39 is 0 Å². The Bertz CT molecular complexity index is 85.0. The standard InChI is InChI=1S/C7H14OS/c1-2-3-4-6-7(5-8)9-6/h6-8H,2-5H2,1H3. The molecule has 0 bridgehead atoms. The first-order valence-corrected chi connectivity index (χ1v) is 4.59. The summed E-state index contributed by atoms with van der Waals surface area (Å²) in [6.45, 7) is 2.60. The molecule has 2 heteroatoms. The van der Waals surface area contributed by atoms with Crippen molar-refractivity contribution in [3.63, 3.8) is 0 Å². The molecule has 0 radical (unpaired) electrons. The van der Waals surface area contributed by atoms with Crippen molar-refractivity contribution in [3.05, 3.63) is 0 Å². The molecule has 54 valence electrons. The van der Waals surface area contributed by atoms with Crippen LogP contribution in [0.4, 0.5) is 0 Å². The molecular formula is C7H14OS. The lowest BCUT2D eigenvalue weighted by Gasteiger charge is -1.91. The van der Waals surface area contributed by atoms with Gasteiger partial charge in [-0.05, 0) is 6.42 Å². The lowest BCUT2D eigenvalue weighted by Crippen LogP contribution is -1.98. The van der Waals surface area contributed by atoms with E-state index in [2.05, 4.69) is 6.92 Å². The van der Waals surface area contributed by atoms with Gasteiger partial charge in [0.2, 0.25) is 0 Å². The second-order valence-corrected chi connectivity index (χ2v) is 4.02. The van der Waals surface area contributed by atoms with Gasteiger partial charge in [-0.3, -0.25) is 0 Å². The number of aliphatic hydroxyl groups is 1. The van der Waals surface area contributed by atoms with Gasteiger partial charge in [0.05, 0.1) is 6.61 Å². The molecule has 1 fully saturated rings. The number of hydrogen-bond donors (Lipinski definition) is 1. The number of hydrogen-bond acceptors (Lipinski definition) is 2. The van der Waals surface area contributed by atoms with E-state index in [1.807, 2.05) is 11.8 Å². The minimum absolute atomic E-state index is 0.388. The van der Waals surface area contributed by atoms with Crippen molar-refractivity contribution in [2.45, 2.75) is 36.7 Å². The summed E-state index contributed by atoms with van der Waals surface area (Å²) in [5, 5.41) is 10.0. The van der Waals surface area contributed by atoms with Gasteiger partial charge in [0.15, 0.2) is 0 Å². The van der Waals surface area contributed by atoms with Gasteiger partial charge in [0.25, 0.3) is 0 Å². The van der Waals surface area contributed by atoms with E-state index in [0.29, 0.717) is 11.9 Å². The van der Waals surface area contributed by atoms with Gasteiger partial charge < -0.3 is 5.11 Å². The van der Waals surface area contributed by atoms with E-state index in [-0.39, 0.29) is 0 Å². The summed E-state index contributed by atoms with van der Waals surface area (Å²) in [4.78, 5) is 0. The number of rotatable bonds is 4. The third kappa shape index (κ3) is 2.18. The minimum Gasteiger partial charge on any atom is -0.395 e. The number of unbranched alkanes of at least 4 members (excludes halogenated alkanes) is 1. The quantitative estimate of drug-likeness (QED) is 0.609. The SMILES string of the molecule is CCCCC1SC1CO. The van der Waals surface area contributed by atoms with Gasteiger partial charge in [0.1, 0.15) is 0 Å². The summed E-state index contributed by atoms with van der Waals surface area (Å²) in [7, 11) is 0. The Kier molecular flexibility index (Phi) is 2.86. The summed E-state index contributed by atoms with van der Waals surface area (Å²) >= 11 is 1.93. The highest BCUT2D eigenvalue weighted by molar-refractivity contribution is 8.07. The van der Waals surface area contributed by atoms with Crippen molar-refractivity contribution in [1.82, 2.24) is 0 Å². The Morgan fingerprint density at radius 2 is 2.22 bits per heavy atom. The Morgan fingerprint density at radius 3 is 2.67 bits per heavy atom. The molecule has 1 saturated heterocycles. The predicted octanol–water partition coefficient (Wildman–Crippen LogP) is 1.65. The highest BCUT2D eigenvalue weighted by Gasteiger charge is 2.36. The first kappa shape index (κ1) is 7.42. The van der Waals surface area contributed by atoms with Crippen LogP contribution in [0.1, 0.15) is 26.2 Å². The molecule has 2 unspecified atom stereocenters. The first-order chi connectivity index (χ1) is 4.38. The number of thioether (sulfide) groups is 1. The third-order valence-electron chi connectivity index (χ3n) is 1.71. The molecule has 1 rings (SSSR count). The zero-order valence-electron chi connectivity index (χ0n) is 5.84. The lowest BCUT2D eigenvalue weighted by molar-refractivity contribution is 0.301. The molecule has 0 aromatic rings. The van der Waals surface area contributed by atoms with Crippen LogP contribution in [0, 0.1) is 0 Å². The third-order valence-corrected chi connectivity index (χ3v) is 3.14. The average molecular weight is 146 g/mol. The lowest BCUT2D eigenvalue weighted by atomic mass is 10.2. The van der Waals surface area contributed by atoms with Gasteiger partial charge in [-0.25, -0.2) is 0 Å². The fraction of sp³-hybridized carbons (Fsp3) is 1.00. The molecule has 9 heavy (non-hydrogen) atoms. The topological polar surface area (TPSA) is 20.2 Å². The molecule has 1 aliphatic heterocycles. The molecule has 0 spiro atoms. The van der Waals surface area contributed by atoms with Gasteiger partial charge in [-0.1, -0.05) is 19.8 Å². The van der Waals surface area contributed by atoms with Crippen molar-refractivity contribution in [2.24, 2.45) is 0 Å². The molecule has 1 heterocycles. The highest BCUT2D eigenvalue weighted by Crippen LogP contribution is 2.43. The van der Waals surface area contributed by atoms with Gasteiger partial charge in [-0.15, -0.1) is 0 Å². The monoisotopic (exact) mass is 146 g/mol. The smallest absolute Gasteiger partial charge is 0.0560 e. The van der Waals surface area contributed by atoms with Crippen LogP contribution in [0.15, 0.2) is 0 Å². The van der Waals surface area contributed by atoms with Crippen LogP contribution in [-0.4, -0.2) is 22.2 Å². The van der Waals surface area contributed by atoms with Gasteiger partial charge >= 0.3 is 0 Å². The maximum absolute atomic E-state index is 8.65. The summed E-state index contributed by atoms with van der Waals surface area (Å²) in [6.07, 6.45) is 3.93. The van der Waals surface area contributed by atoms with E-state index in [0.717, 1.165) is 5.25 Å². The summed E-state index contributed by atoms with van der Waals surface area (Å²) in [5.41, 5.74) is 0. The average Bonchev–Trinajstić information content (AvgIpc) is 2.62. The van der Waals surface area contributed by atoms with Crippen LogP contribution in [0.25, 0.3) is 0 Å². The zero-order valence-corrected chi connectivity index (χ0v) is 6.66. The van der Waals surface area contributed by atoms with Crippen LogP contribution in [0.3, 0.4) is 0 Å². The van der Waals surface area contributed by atoms with Crippen LogP contribution in [-0.2, 0) is 0 Å². The Hall–Kier alpha value is 0.310. The molecule has 0 aliphatic carbocycles. The molecule has 0 saturated carbocycles.